The van der Waals surface area contributed by atoms with Gasteiger partial charge in [-0.05, 0) is 34.2 Å². The van der Waals surface area contributed by atoms with Crippen LogP contribution in [0, 0.1) is 11.8 Å². The molecule has 0 aliphatic heterocycles. The minimum atomic E-state index is -0.516. The van der Waals surface area contributed by atoms with Crippen LogP contribution in [0.3, 0.4) is 0 Å². The molecular formula is C23H18ClN3O2. The molecule has 3 aromatic rings. The molecule has 0 atom stereocenters. The molecule has 3 N–H and O–H groups in total. The maximum absolute atomic E-state index is 12.1. The van der Waals surface area contributed by atoms with E-state index in [1.807, 2.05) is 24.3 Å². The number of nitrogens with zero attached hydrogens (tertiary/aromatic N) is 1. The Morgan fingerprint density at radius 2 is 1.79 bits per heavy atom. The largest absolute Gasteiger partial charge is 0.449 e. The zero-order chi connectivity index (χ0) is 20.2. The lowest BCUT2D eigenvalue weighted by atomic mass is 9.98. The fourth-order valence-electron chi connectivity index (χ4n) is 3.45. The van der Waals surface area contributed by atoms with E-state index in [9.17, 15) is 4.79 Å². The van der Waals surface area contributed by atoms with E-state index in [0.29, 0.717) is 16.4 Å². The average Bonchev–Trinajstić information content (AvgIpc) is 3.05. The van der Waals surface area contributed by atoms with E-state index in [4.69, 9.17) is 22.1 Å². The number of hydrogen-bond donors (Lipinski definition) is 2. The summed E-state index contributed by atoms with van der Waals surface area (Å²) < 4.78 is 5.46. The summed E-state index contributed by atoms with van der Waals surface area (Å²) in [5.74, 6) is 5.63. The van der Waals surface area contributed by atoms with Gasteiger partial charge < -0.3 is 15.8 Å². The highest BCUT2D eigenvalue weighted by Crippen LogP contribution is 2.44. The van der Waals surface area contributed by atoms with Crippen LogP contribution in [-0.4, -0.2) is 24.2 Å². The summed E-state index contributed by atoms with van der Waals surface area (Å²) in [5.41, 5.74) is 11.3. The fraction of sp³-hybridized carbons (Fsp3) is 0.130. The van der Waals surface area contributed by atoms with Crippen molar-refractivity contribution in [1.82, 2.24) is 10.3 Å². The van der Waals surface area contributed by atoms with Crippen LogP contribution in [0.4, 0.5) is 10.5 Å². The highest BCUT2D eigenvalue weighted by atomic mass is 35.5. The standard InChI is InChI=1S/C23H18ClN3O2/c24-15-12-21(25)22(27-13-15)10-5-11-26-23(28)29-14-20-18-8-3-1-6-16(18)17-7-2-4-9-19(17)20/h1-4,6-9,12-13,20H,11,14,25H2,(H,26,28). The van der Waals surface area contributed by atoms with Gasteiger partial charge in [-0.25, -0.2) is 9.78 Å². The first-order chi connectivity index (χ1) is 14.1. The molecule has 0 fully saturated rings. The zero-order valence-corrected chi connectivity index (χ0v) is 16.2. The van der Waals surface area contributed by atoms with Crippen LogP contribution in [0.2, 0.25) is 5.02 Å². The number of amides is 1. The fourth-order valence-corrected chi connectivity index (χ4v) is 3.62. The van der Waals surface area contributed by atoms with E-state index in [1.165, 1.54) is 28.5 Å². The van der Waals surface area contributed by atoms with Crippen LogP contribution in [0.15, 0.2) is 60.8 Å². The van der Waals surface area contributed by atoms with E-state index in [1.54, 1.807) is 6.07 Å². The Bertz CT molecular complexity index is 1090. The molecule has 1 heterocycles. The van der Waals surface area contributed by atoms with Crippen molar-refractivity contribution < 1.29 is 9.53 Å². The molecule has 0 spiro atoms. The van der Waals surface area contributed by atoms with Crippen LogP contribution in [-0.2, 0) is 4.74 Å². The SMILES string of the molecule is Nc1cc(Cl)cnc1C#CCNC(=O)OCC1c2ccccc2-c2ccccc21. The van der Waals surface area contributed by atoms with E-state index < -0.39 is 6.09 Å². The number of ether oxygens (including phenoxy) is 1. The van der Waals surface area contributed by atoms with Crippen molar-refractivity contribution >= 4 is 23.4 Å². The third-order valence-corrected chi connectivity index (χ3v) is 4.96. The molecule has 0 saturated heterocycles. The second-order valence-electron chi connectivity index (χ2n) is 6.57. The van der Waals surface area contributed by atoms with E-state index >= 15 is 0 Å². The highest BCUT2D eigenvalue weighted by Gasteiger charge is 2.28. The third kappa shape index (κ3) is 4.03. The average molecular weight is 404 g/mol. The number of nitrogen functional groups attached to an aromatic ring is 1. The van der Waals surface area contributed by atoms with Crippen LogP contribution >= 0.6 is 11.6 Å². The zero-order valence-electron chi connectivity index (χ0n) is 15.5. The lowest BCUT2D eigenvalue weighted by Crippen LogP contribution is -2.26. The molecule has 0 saturated carbocycles. The van der Waals surface area contributed by atoms with Gasteiger partial charge in [-0.3, -0.25) is 0 Å². The molecule has 1 aliphatic carbocycles. The molecule has 6 heteroatoms. The number of rotatable bonds is 3. The van der Waals surface area contributed by atoms with Crippen molar-refractivity contribution in [1.29, 1.82) is 0 Å². The molecule has 2 aromatic carbocycles. The van der Waals surface area contributed by atoms with Crippen molar-refractivity contribution in [3.63, 3.8) is 0 Å². The first-order valence-corrected chi connectivity index (χ1v) is 9.50. The molecule has 0 radical (unpaired) electrons. The number of carbonyl (C=O) groups excluding carboxylic acids is 1. The van der Waals surface area contributed by atoms with Gasteiger partial charge in [-0.15, -0.1) is 0 Å². The third-order valence-electron chi connectivity index (χ3n) is 4.76. The van der Waals surface area contributed by atoms with Crippen molar-refractivity contribution in [3.05, 3.63) is 82.6 Å². The van der Waals surface area contributed by atoms with Gasteiger partial charge in [-0.2, -0.15) is 0 Å². The van der Waals surface area contributed by atoms with Gasteiger partial charge in [0.1, 0.15) is 12.3 Å². The maximum atomic E-state index is 12.1. The predicted octanol–water partition coefficient (Wildman–Crippen LogP) is 4.21. The highest BCUT2D eigenvalue weighted by molar-refractivity contribution is 6.30. The van der Waals surface area contributed by atoms with Gasteiger partial charge in [0.25, 0.3) is 0 Å². The molecular weight excluding hydrogens is 386 g/mol. The van der Waals surface area contributed by atoms with Crippen molar-refractivity contribution in [2.45, 2.75) is 5.92 Å². The van der Waals surface area contributed by atoms with Gasteiger partial charge in [0, 0.05) is 12.1 Å². The summed E-state index contributed by atoms with van der Waals surface area (Å²) in [5, 5.41) is 3.08. The van der Waals surface area contributed by atoms with Gasteiger partial charge in [-0.1, -0.05) is 66.1 Å². The van der Waals surface area contributed by atoms with Crippen molar-refractivity contribution in [2.24, 2.45) is 0 Å². The number of halogens is 1. The van der Waals surface area contributed by atoms with Crippen molar-refractivity contribution in [2.75, 3.05) is 18.9 Å². The Labute approximate surface area is 173 Å². The molecule has 144 valence electrons. The Hall–Kier alpha value is -3.49. The van der Waals surface area contributed by atoms with Gasteiger partial charge in [0.05, 0.1) is 17.3 Å². The Kier molecular flexibility index (Phi) is 5.37. The number of benzene rings is 2. The van der Waals surface area contributed by atoms with Gasteiger partial charge >= 0.3 is 6.09 Å². The first-order valence-electron chi connectivity index (χ1n) is 9.12. The summed E-state index contributed by atoms with van der Waals surface area (Å²) in [6, 6.07) is 18.0. The van der Waals surface area contributed by atoms with Crippen LogP contribution in [0.25, 0.3) is 11.1 Å². The monoisotopic (exact) mass is 403 g/mol. The van der Waals surface area contributed by atoms with E-state index in [0.717, 1.165) is 0 Å². The number of nitrogens with one attached hydrogen (secondary N) is 1. The molecule has 4 rings (SSSR count). The summed E-state index contributed by atoms with van der Waals surface area (Å²) in [4.78, 5) is 16.1. The number of hydrogen-bond acceptors (Lipinski definition) is 4. The number of nitrogens with two attached hydrogens (primary N) is 1. The smallest absolute Gasteiger partial charge is 0.407 e. The summed E-state index contributed by atoms with van der Waals surface area (Å²) in [6.07, 6.45) is 0.958. The lowest BCUT2D eigenvalue weighted by molar-refractivity contribution is 0.144. The Balaban J connectivity index is 1.35. The molecule has 1 aromatic heterocycles. The topological polar surface area (TPSA) is 77.2 Å². The van der Waals surface area contributed by atoms with Crippen LogP contribution in [0.5, 0.6) is 0 Å². The molecule has 5 nitrogen and oxygen atoms in total. The van der Waals surface area contributed by atoms with Crippen LogP contribution < -0.4 is 11.1 Å². The number of pyridine rings is 1. The quantitative estimate of drug-likeness (QED) is 0.642. The number of alkyl carbamates (subject to hydrolysis) is 1. The summed E-state index contributed by atoms with van der Waals surface area (Å²) >= 11 is 5.81. The number of carbonyl (C=O) groups is 1. The van der Waals surface area contributed by atoms with Gasteiger partial charge in [0.15, 0.2) is 0 Å². The van der Waals surface area contributed by atoms with Gasteiger partial charge in [0.2, 0.25) is 0 Å². The van der Waals surface area contributed by atoms with E-state index in [2.05, 4.69) is 46.4 Å². The molecule has 0 unspecified atom stereocenters. The molecule has 29 heavy (non-hydrogen) atoms. The van der Waals surface area contributed by atoms with Crippen LogP contribution in [0.1, 0.15) is 22.7 Å². The maximum Gasteiger partial charge on any atom is 0.407 e. The number of aromatic nitrogens is 1. The molecule has 1 amide bonds. The van der Waals surface area contributed by atoms with Crippen molar-refractivity contribution in [3.8, 4) is 23.0 Å². The minimum absolute atomic E-state index is 0.0253. The minimum Gasteiger partial charge on any atom is -0.449 e. The first kappa shape index (κ1) is 18.9. The lowest BCUT2D eigenvalue weighted by Gasteiger charge is -2.14. The molecule has 1 aliphatic rings. The Morgan fingerprint density at radius 3 is 2.45 bits per heavy atom. The second kappa shape index (κ2) is 8.26. The second-order valence-corrected chi connectivity index (χ2v) is 7.01. The number of fused-ring (bicyclic) bond motifs is 3. The van der Waals surface area contributed by atoms with E-state index in [-0.39, 0.29) is 19.1 Å². The summed E-state index contributed by atoms with van der Waals surface area (Å²) in [6.45, 7) is 0.388. The Morgan fingerprint density at radius 1 is 1.14 bits per heavy atom. The normalized spacial score (nSPS) is 11.8. The number of anilines is 1. The summed E-state index contributed by atoms with van der Waals surface area (Å²) in [7, 11) is 0. The predicted molar refractivity (Wildman–Crippen MR) is 114 cm³/mol. The molecule has 0 bridgehead atoms.